The van der Waals surface area contributed by atoms with Gasteiger partial charge in [-0.05, 0) is 31.0 Å². The molecule has 1 amide bonds. The van der Waals surface area contributed by atoms with Crippen molar-refractivity contribution in [1.82, 2.24) is 10.3 Å². The summed E-state index contributed by atoms with van der Waals surface area (Å²) in [5, 5.41) is 13.3. The van der Waals surface area contributed by atoms with Gasteiger partial charge in [0.05, 0.1) is 17.7 Å². The van der Waals surface area contributed by atoms with E-state index >= 15 is 0 Å². The van der Waals surface area contributed by atoms with Crippen LogP contribution in [0.2, 0.25) is 5.02 Å². The average Bonchev–Trinajstić information content (AvgIpc) is 2.70. The van der Waals surface area contributed by atoms with E-state index < -0.39 is 12.1 Å². The number of benzene rings is 1. The van der Waals surface area contributed by atoms with Crippen molar-refractivity contribution in [2.24, 2.45) is 5.92 Å². The minimum Gasteiger partial charge on any atom is -0.481 e. The normalized spacial score (nSPS) is 15.8. The van der Waals surface area contributed by atoms with E-state index in [0.29, 0.717) is 17.5 Å². The van der Waals surface area contributed by atoms with Crippen LogP contribution in [-0.2, 0) is 0 Å². The number of hydrogen-bond donors (Lipinski definition) is 2. The van der Waals surface area contributed by atoms with Gasteiger partial charge in [-0.1, -0.05) is 36.9 Å². The number of carbonyl (C=O) groups excluding carboxylic acids is 1. The lowest BCUT2D eigenvalue weighted by Crippen LogP contribution is -2.41. The van der Waals surface area contributed by atoms with E-state index in [1.165, 1.54) is 19.6 Å². The molecule has 7 heteroatoms. The van der Waals surface area contributed by atoms with Crippen LogP contribution in [0.3, 0.4) is 0 Å². The quantitative estimate of drug-likeness (QED) is 0.724. The Morgan fingerprint density at radius 3 is 2.70 bits per heavy atom. The van der Waals surface area contributed by atoms with Gasteiger partial charge in [-0.25, -0.2) is 0 Å². The van der Waals surface area contributed by atoms with Crippen molar-refractivity contribution >= 4 is 17.5 Å². The molecule has 1 atom stereocenters. The molecule has 1 heterocycles. The van der Waals surface area contributed by atoms with Crippen molar-refractivity contribution in [3.05, 3.63) is 47.0 Å². The van der Waals surface area contributed by atoms with E-state index in [0.717, 1.165) is 25.7 Å². The number of nitrogens with one attached hydrogen (secondary N) is 1. The van der Waals surface area contributed by atoms with Gasteiger partial charge in [-0.15, -0.1) is 0 Å². The molecule has 2 N–H and O–H groups in total. The van der Waals surface area contributed by atoms with Gasteiger partial charge in [0.15, 0.2) is 0 Å². The van der Waals surface area contributed by atoms with Gasteiger partial charge in [-0.3, -0.25) is 4.79 Å². The molecule has 0 aliphatic heterocycles. The Hall–Kier alpha value is -2.31. The Bertz CT molecular complexity index is 793. The topological polar surface area (TPSA) is 80.7 Å². The molecular weight excluding hydrogens is 368 g/mol. The summed E-state index contributed by atoms with van der Waals surface area (Å²) in [4.78, 5) is 16.8. The fourth-order valence-corrected chi connectivity index (χ4v) is 3.41. The van der Waals surface area contributed by atoms with Crippen molar-refractivity contribution in [2.75, 3.05) is 7.11 Å². The summed E-state index contributed by atoms with van der Waals surface area (Å²) in [6, 6.07) is 9.92. The van der Waals surface area contributed by atoms with Crippen LogP contribution < -0.4 is 14.8 Å². The number of halogens is 1. The first-order valence-electron chi connectivity index (χ1n) is 9.04. The Kier molecular flexibility index (Phi) is 6.53. The summed E-state index contributed by atoms with van der Waals surface area (Å²) < 4.78 is 10.8. The highest BCUT2D eigenvalue weighted by molar-refractivity contribution is 6.33. The average molecular weight is 391 g/mol. The number of aliphatic hydroxyl groups is 1. The molecule has 1 aliphatic rings. The van der Waals surface area contributed by atoms with Crippen LogP contribution in [-0.4, -0.2) is 29.3 Å². The fourth-order valence-electron chi connectivity index (χ4n) is 3.21. The molecule has 1 aliphatic carbocycles. The highest BCUT2D eigenvalue weighted by Crippen LogP contribution is 2.28. The van der Waals surface area contributed by atoms with E-state index in [4.69, 9.17) is 21.1 Å². The van der Waals surface area contributed by atoms with Crippen LogP contribution >= 0.6 is 11.6 Å². The second kappa shape index (κ2) is 9.06. The summed E-state index contributed by atoms with van der Waals surface area (Å²) in [6.45, 7) is 0. The predicted molar refractivity (Wildman–Crippen MR) is 102 cm³/mol. The first-order valence-corrected chi connectivity index (χ1v) is 9.42. The van der Waals surface area contributed by atoms with Crippen LogP contribution in [0, 0.1) is 5.92 Å². The second-order valence-electron chi connectivity index (χ2n) is 6.58. The SMILES string of the molecule is COc1cccc(Oc2ccc(Cl)c(C(=O)NC(O)C3CCCCC3)c2)n1. The highest BCUT2D eigenvalue weighted by Gasteiger charge is 2.24. The van der Waals surface area contributed by atoms with Gasteiger partial charge in [0.1, 0.15) is 12.0 Å². The van der Waals surface area contributed by atoms with Gasteiger partial charge in [-0.2, -0.15) is 4.98 Å². The first-order chi connectivity index (χ1) is 13.1. The maximum Gasteiger partial charge on any atom is 0.254 e. The number of methoxy groups -OCH3 is 1. The van der Waals surface area contributed by atoms with Crippen LogP contribution in [0.4, 0.5) is 0 Å². The molecule has 0 bridgehead atoms. The number of nitrogens with zero attached hydrogens (tertiary/aromatic N) is 1. The molecule has 1 saturated carbocycles. The van der Waals surface area contributed by atoms with Gasteiger partial charge >= 0.3 is 0 Å². The molecule has 1 unspecified atom stereocenters. The van der Waals surface area contributed by atoms with Crippen molar-refractivity contribution in [1.29, 1.82) is 0 Å². The monoisotopic (exact) mass is 390 g/mol. The van der Waals surface area contributed by atoms with E-state index in [1.807, 2.05) is 0 Å². The summed E-state index contributed by atoms with van der Waals surface area (Å²) in [5.41, 5.74) is 0.243. The second-order valence-corrected chi connectivity index (χ2v) is 6.99. The molecule has 2 aromatic rings. The zero-order chi connectivity index (χ0) is 19.2. The minimum atomic E-state index is -0.876. The van der Waals surface area contributed by atoms with Crippen LogP contribution in [0.15, 0.2) is 36.4 Å². The maximum absolute atomic E-state index is 12.6. The zero-order valence-electron chi connectivity index (χ0n) is 15.2. The lowest BCUT2D eigenvalue weighted by molar-refractivity contribution is 0.0463. The van der Waals surface area contributed by atoms with E-state index in [2.05, 4.69) is 10.3 Å². The molecular formula is C20H23ClN2O4. The van der Waals surface area contributed by atoms with Crippen LogP contribution in [0.5, 0.6) is 17.5 Å². The van der Waals surface area contributed by atoms with Crippen molar-refractivity contribution in [3.8, 4) is 17.5 Å². The van der Waals surface area contributed by atoms with E-state index in [9.17, 15) is 9.90 Å². The van der Waals surface area contributed by atoms with Crippen LogP contribution in [0.1, 0.15) is 42.5 Å². The third-order valence-corrected chi connectivity index (χ3v) is 5.02. The van der Waals surface area contributed by atoms with E-state index in [1.54, 1.807) is 30.3 Å². The summed E-state index contributed by atoms with van der Waals surface area (Å²) in [5.74, 6) is 0.835. The number of rotatable bonds is 6. The molecule has 1 fully saturated rings. The number of pyridine rings is 1. The standard InChI is InChI=1S/C20H23ClN2O4/c1-26-17-8-5-9-18(22-17)27-14-10-11-16(21)15(12-14)20(25)23-19(24)13-6-3-2-4-7-13/h5,8-13,19,24H,2-4,6-7H2,1H3,(H,23,25). The number of amides is 1. The number of aliphatic hydroxyl groups excluding tert-OH is 1. The fraction of sp³-hybridized carbons (Fsp3) is 0.400. The molecule has 27 heavy (non-hydrogen) atoms. The molecule has 6 nitrogen and oxygen atoms in total. The number of carbonyl (C=O) groups is 1. The summed E-state index contributed by atoms with van der Waals surface area (Å²) in [6.07, 6.45) is 4.30. The van der Waals surface area contributed by atoms with Gasteiger partial charge in [0, 0.05) is 18.1 Å². The number of aromatic nitrogens is 1. The highest BCUT2D eigenvalue weighted by atomic mass is 35.5. The van der Waals surface area contributed by atoms with Crippen molar-refractivity contribution in [3.63, 3.8) is 0 Å². The van der Waals surface area contributed by atoms with Crippen LogP contribution in [0.25, 0.3) is 0 Å². The Morgan fingerprint density at radius 2 is 1.96 bits per heavy atom. The predicted octanol–water partition coefficient (Wildman–Crippen LogP) is 4.16. The van der Waals surface area contributed by atoms with E-state index in [-0.39, 0.29) is 16.5 Å². The van der Waals surface area contributed by atoms with Gasteiger partial charge in [0.2, 0.25) is 11.8 Å². The molecule has 1 aromatic heterocycles. The number of ether oxygens (including phenoxy) is 2. The molecule has 0 spiro atoms. The summed E-state index contributed by atoms with van der Waals surface area (Å²) >= 11 is 6.18. The Morgan fingerprint density at radius 1 is 1.22 bits per heavy atom. The largest absolute Gasteiger partial charge is 0.481 e. The lowest BCUT2D eigenvalue weighted by Gasteiger charge is -2.27. The first kappa shape index (κ1) is 19.5. The molecule has 1 aromatic carbocycles. The number of hydrogen-bond acceptors (Lipinski definition) is 5. The molecule has 0 saturated heterocycles. The molecule has 3 rings (SSSR count). The van der Waals surface area contributed by atoms with Crippen molar-refractivity contribution < 1.29 is 19.4 Å². The zero-order valence-corrected chi connectivity index (χ0v) is 15.9. The Balaban J connectivity index is 1.71. The van der Waals surface area contributed by atoms with Gasteiger partial charge in [0.25, 0.3) is 5.91 Å². The minimum absolute atomic E-state index is 0.0851. The lowest BCUT2D eigenvalue weighted by atomic mass is 9.88. The molecule has 144 valence electrons. The van der Waals surface area contributed by atoms with Crippen molar-refractivity contribution in [2.45, 2.75) is 38.3 Å². The summed E-state index contributed by atoms with van der Waals surface area (Å²) in [7, 11) is 1.52. The Labute approximate surface area is 163 Å². The third kappa shape index (κ3) is 5.11. The smallest absolute Gasteiger partial charge is 0.254 e. The molecule has 0 radical (unpaired) electrons. The maximum atomic E-state index is 12.6. The third-order valence-electron chi connectivity index (χ3n) is 4.69. The van der Waals surface area contributed by atoms with Gasteiger partial charge < -0.3 is 19.9 Å².